The number of nitrogens with zero attached hydrogens (tertiary/aromatic N) is 2. The summed E-state index contributed by atoms with van der Waals surface area (Å²) in [6.07, 6.45) is 3.00. The average Bonchev–Trinajstić information content (AvgIpc) is 2.69. The van der Waals surface area contributed by atoms with Gasteiger partial charge in [-0.05, 0) is 49.2 Å². The Balaban J connectivity index is 1.57. The summed E-state index contributed by atoms with van der Waals surface area (Å²) in [5, 5.41) is 6.01. The number of hydrogen-bond donors (Lipinski definition) is 2. The van der Waals surface area contributed by atoms with Crippen molar-refractivity contribution in [1.29, 1.82) is 0 Å². The molecule has 3 rings (SSSR count). The Bertz CT molecular complexity index is 893. The minimum Gasteiger partial charge on any atom is -0.494 e. The maximum Gasteiger partial charge on any atom is 0.271 e. The molecular formula is C21H22N4O2. The van der Waals surface area contributed by atoms with Gasteiger partial charge in [-0.25, -0.2) is 9.97 Å². The molecule has 0 aliphatic heterocycles. The summed E-state index contributed by atoms with van der Waals surface area (Å²) in [6, 6.07) is 15.5. The zero-order chi connectivity index (χ0) is 19.1. The third kappa shape index (κ3) is 5.04. The molecule has 6 nitrogen and oxygen atoms in total. The largest absolute Gasteiger partial charge is 0.494 e. The number of aromatic nitrogens is 2. The first-order chi connectivity index (χ1) is 13.2. The Morgan fingerprint density at radius 3 is 2.48 bits per heavy atom. The lowest BCUT2D eigenvalue weighted by molar-refractivity contribution is 0.0945. The molecule has 0 saturated heterocycles. The highest BCUT2D eigenvalue weighted by Gasteiger charge is 2.08. The number of carbonyl (C=O) groups excluding carboxylic acids is 1. The van der Waals surface area contributed by atoms with E-state index < -0.39 is 0 Å². The Morgan fingerprint density at radius 2 is 1.81 bits per heavy atom. The fourth-order valence-corrected chi connectivity index (χ4v) is 2.53. The summed E-state index contributed by atoms with van der Waals surface area (Å²) in [5.74, 6) is 1.13. The van der Waals surface area contributed by atoms with Crippen LogP contribution >= 0.6 is 0 Å². The van der Waals surface area contributed by atoms with Gasteiger partial charge >= 0.3 is 0 Å². The zero-order valence-corrected chi connectivity index (χ0v) is 15.4. The molecule has 0 aliphatic carbocycles. The molecular weight excluding hydrogens is 340 g/mol. The molecule has 6 heteroatoms. The number of ether oxygens (including phenoxy) is 1. The normalized spacial score (nSPS) is 10.3. The third-order valence-electron chi connectivity index (χ3n) is 4.02. The van der Waals surface area contributed by atoms with E-state index in [0.29, 0.717) is 19.0 Å². The Hall–Kier alpha value is -3.41. The molecule has 1 heterocycles. The van der Waals surface area contributed by atoms with Crippen LogP contribution in [-0.4, -0.2) is 22.5 Å². The fraction of sp³-hybridized carbons (Fsp3) is 0.190. The van der Waals surface area contributed by atoms with Crippen molar-refractivity contribution in [3.05, 3.63) is 77.7 Å². The van der Waals surface area contributed by atoms with Gasteiger partial charge in [-0.2, -0.15) is 0 Å². The van der Waals surface area contributed by atoms with Gasteiger partial charge in [-0.1, -0.05) is 24.3 Å². The molecule has 2 aromatic carbocycles. The molecule has 0 unspecified atom stereocenters. The molecule has 0 saturated carbocycles. The molecule has 0 spiro atoms. The number of hydrogen-bond acceptors (Lipinski definition) is 5. The van der Waals surface area contributed by atoms with Crippen LogP contribution in [0.5, 0.6) is 5.75 Å². The smallest absolute Gasteiger partial charge is 0.271 e. The van der Waals surface area contributed by atoms with Crippen molar-refractivity contribution in [2.24, 2.45) is 0 Å². The van der Waals surface area contributed by atoms with Crippen molar-refractivity contribution in [2.75, 3.05) is 11.9 Å². The van der Waals surface area contributed by atoms with Gasteiger partial charge in [0.1, 0.15) is 17.3 Å². The summed E-state index contributed by atoms with van der Waals surface area (Å²) < 4.78 is 5.42. The van der Waals surface area contributed by atoms with Crippen molar-refractivity contribution in [2.45, 2.75) is 20.4 Å². The fourth-order valence-electron chi connectivity index (χ4n) is 2.53. The molecule has 0 atom stereocenters. The summed E-state index contributed by atoms with van der Waals surface area (Å²) in [7, 11) is 0. The first kappa shape index (κ1) is 18.4. The first-order valence-electron chi connectivity index (χ1n) is 8.80. The van der Waals surface area contributed by atoms with E-state index in [-0.39, 0.29) is 11.6 Å². The molecule has 1 amide bonds. The number of aryl methyl sites for hydroxylation is 1. The Morgan fingerprint density at radius 1 is 1.04 bits per heavy atom. The van der Waals surface area contributed by atoms with E-state index in [4.69, 9.17) is 4.74 Å². The van der Waals surface area contributed by atoms with E-state index in [2.05, 4.69) is 20.6 Å². The third-order valence-corrected chi connectivity index (χ3v) is 4.02. The molecule has 3 aromatic rings. The second-order valence-corrected chi connectivity index (χ2v) is 5.98. The number of anilines is 2. The number of benzene rings is 2. The minimum atomic E-state index is -0.252. The van der Waals surface area contributed by atoms with Crippen molar-refractivity contribution >= 4 is 17.4 Å². The van der Waals surface area contributed by atoms with E-state index >= 15 is 0 Å². The first-order valence-corrected chi connectivity index (χ1v) is 8.80. The van der Waals surface area contributed by atoms with Crippen LogP contribution in [0.25, 0.3) is 0 Å². The van der Waals surface area contributed by atoms with Crippen LogP contribution in [0, 0.1) is 6.92 Å². The SMILES string of the molecule is CCOc1ccc(Nc2cnc(C(=O)NCc3ccccc3C)cn2)cc1. The van der Waals surface area contributed by atoms with E-state index in [0.717, 1.165) is 22.6 Å². The summed E-state index contributed by atoms with van der Waals surface area (Å²) >= 11 is 0. The van der Waals surface area contributed by atoms with Crippen molar-refractivity contribution in [3.8, 4) is 5.75 Å². The standard InChI is InChI=1S/C21H22N4O2/c1-3-27-18-10-8-17(9-11-18)25-20-14-22-19(13-23-20)21(26)24-12-16-7-5-4-6-15(16)2/h4-11,13-14H,3,12H2,1-2H3,(H,23,25)(H,24,26). The molecule has 1 aromatic heterocycles. The van der Waals surface area contributed by atoms with Crippen molar-refractivity contribution in [3.63, 3.8) is 0 Å². The highest BCUT2D eigenvalue weighted by molar-refractivity contribution is 5.92. The van der Waals surface area contributed by atoms with Crippen LogP contribution in [0.2, 0.25) is 0 Å². The highest BCUT2D eigenvalue weighted by atomic mass is 16.5. The van der Waals surface area contributed by atoms with Gasteiger partial charge in [0.15, 0.2) is 0 Å². The average molecular weight is 362 g/mol. The van der Waals surface area contributed by atoms with Crippen molar-refractivity contribution < 1.29 is 9.53 Å². The van der Waals surface area contributed by atoms with Crippen molar-refractivity contribution in [1.82, 2.24) is 15.3 Å². The van der Waals surface area contributed by atoms with Gasteiger partial charge in [0.05, 0.1) is 19.0 Å². The van der Waals surface area contributed by atoms with Crippen LogP contribution in [0.1, 0.15) is 28.5 Å². The lowest BCUT2D eigenvalue weighted by atomic mass is 10.1. The monoisotopic (exact) mass is 362 g/mol. The molecule has 0 aliphatic rings. The number of rotatable bonds is 7. The second-order valence-electron chi connectivity index (χ2n) is 5.98. The van der Waals surface area contributed by atoms with Gasteiger partial charge in [0, 0.05) is 12.2 Å². The molecule has 0 fully saturated rings. The second kappa shape index (κ2) is 8.80. The van der Waals surface area contributed by atoms with E-state index in [1.54, 1.807) is 6.20 Å². The molecule has 138 valence electrons. The number of nitrogens with one attached hydrogen (secondary N) is 2. The maximum absolute atomic E-state index is 12.3. The van der Waals surface area contributed by atoms with Crippen LogP contribution in [0.15, 0.2) is 60.9 Å². The van der Waals surface area contributed by atoms with E-state index in [9.17, 15) is 4.79 Å². The lowest BCUT2D eigenvalue weighted by Crippen LogP contribution is -2.24. The van der Waals surface area contributed by atoms with Gasteiger partial charge in [-0.3, -0.25) is 4.79 Å². The summed E-state index contributed by atoms with van der Waals surface area (Å²) in [5.41, 5.74) is 3.36. The minimum absolute atomic E-state index is 0.252. The summed E-state index contributed by atoms with van der Waals surface area (Å²) in [4.78, 5) is 20.7. The Labute approximate surface area is 158 Å². The molecule has 0 bridgehead atoms. The van der Waals surface area contributed by atoms with Crippen LogP contribution in [0.3, 0.4) is 0 Å². The quantitative estimate of drug-likeness (QED) is 0.667. The van der Waals surface area contributed by atoms with E-state index in [1.165, 1.54) is 6.20 Å². The van der Waals surface area contributed by atoms with Gasteiger partial charge in [0.25, 0.3) is 5.91 Å². The molecule has 2 N–H and O–H groups in total. The predicted octanol–water partition coefficient (Wildman–Crippen LogP) is 3.86. The van der Waals surface area contributed by atoms with Crippen LogP contribution in [0.4, 0.5) is 11.5 Å². The molecule has 0 radical (unpaired) electrons. The van der Waals surface area contributed by atoms with Crippen LogP contribution < -0.4 is 15.4 Å². The van der Waals surface area contributed by atoms with Gasteiger partial charge in [-0.15, -0.1) is 0 Å². The number of amides is 1. The summed E-state index contributed by atoms with van der Waals surface area (Å²) in [6.45, 7) is 5.05. The lowest BCUT2D eigenvalue weighted by Gasteiger charge is -2.09. The Kier molecular flexibility index (Phi) is 5.99. The predicted molar refractivity (Wildman–Crippen MR) is 105 cm³/mol. The van der Waals surface area contributed by atoms with Gasteiger partial charge < -0.3 is 15.4 Å². The maximum atomic E-state index is 12.3. The van der Waals surface area contributed by atoms with Crippen LogP contribution in [-0.2, 0) is 6.54 Å². The molecule has 27 heavy (non-hydrogen) atoms. The van der Waals surface area contributed by atoms with Gasteiger partial charge in [0.2, 0.25) is 0 Å². The number of carbonyl (C=O) groups is 1. The highest BCUT2D eigenvalue weighted by Crippen LogP contribution is 2.18. The topological polar surface area (TPSA) is 76.1 Å². The van der Waals surface area contributed by atoms with E-state index in [1.807, 2.05) is 62.4 Å². The zero-order valence-electron chi connectivity index (χ0n) is 15.4.